The summed E-state index contributed by atoms with van der Waals surface area (Å²) in [6.45, 7) is 3.64. The minimum Gasteiger partial charge on any atom is -0.494 e. The molecule has 130 valence electrons. The number of para-hydroxylation sites is 2. The van der Waals surface area contributed by atoms with Crippen molar-refractivity contribution in [3.8, 4) is 17.1 Å². The van der Waals surface area contributed by atoms with Crippen LogP contribution in [0.2, 0.25) is 0 Å². The van der Waals surface area contributed by atoms with Gasteiger partial charge in [-0.25, -0.2) is 4.98 Å². The molecule has 0 aliphatic carbocycles. The van der Waals surface area contributed by atoms with Gasteiger partial charge in [-0.2, -0.15) is 0 Å². The Labute approximate surface area is 153 Å². The molecule has 0 unspecified atom stereocenters. The third-order valence-corrected chi connectivity index (χ3v) is 4.42. The van der Waals surface area contributed by atoms with Gasteiger partial charge in [0.15, 0.2) is 0 Å². The summed E-state index contributed by atoms with van der Waals surface area (Å²) in [5.41, 5.74) is 4.53. The van der Waals surface area contributed by atoms with Crippen LogP contribution in [-0.4, -0.2) is 16.2 Å². The smallest absolute Gasteiger partial charge is 0.141 e. The monoisotopic (exact) mass is 342 g/mol. The molecule has 26 heavy (non-hydrogen) atoms. The van der Waals surface area contributed by atoms with Crippen molar-refractivity contribution < 1.29 is 4.74 Å². The molecule has 0 aliphatic heterocycles. The van der Waals surface area contributed by atoms with Gasteiger partial charge in [0.05, 0.1) is 17.6 Å². The van der Waals surface area contributed by atoms with Crippen molar-refractivity contribution in [3.05, 3.63) is 84.4 Å². The lowest BCUT2D eigenvalue weighted by Gasteiger charge is -2.11. The Morgan fingerprint density at radius 1 is 0.846 bits per heavy atom. The summed E-state index contributed by atoms with van der Waals surface area (Å²) in [7, 11) is 0. The van der Waals surface area contributed by atoms with Crippen LogP contribution in [0.4, 0.5) is 0 Å². The Balaban J connectivity index is 1.71. The first-order valence-corrected chi connectivity index (χ1v) is 9.07. The van der Waals surface area contributed by atoms with Crippen molar-refractivity contribution in [2.24, 2.45) is 0 Å². The minimum atomic E-state index is 0.754. The fraction of sp³-hybridized carbons (Fsp3) is 0.174. The fourth-order valence-corrected chi connectivity index (χ4v) is 3.14. The molecule has 0 fully saturated rings. The van der Waals surface area contributed by atoms with Crippen molar-refractivity contribution in [1.82, 2.24) is 9.55 Å². The molecule has 0 bridgehead atoms. The Hall–Kier alpha value is -3.07. The summed E-state index contributed by atoms with van der Waals surface area (Å²) in [5.74, 6) is 1.92. The van der Waals surface area contributed by atoms with Crippen molar-refractivity contribution in [2.75, 3.05) is 6.61 Å². The second-order valence-electron chi connectivity index (χ2n) is 6.37. The van der Waals surface area contributed by atoms with Crippen LogP contribution in [0, 0.1) is 0 Å². The molecule has 0 saturated carbocycles. The van der Waals surface area contributed by atoms with E-state index in [1.54, 1.807) is 0 Å². The Morgan fingerprint density at radius 3 is 2.35 bits per heavy atom. The molecule has 4 aromatic rings. The molecule has 1 aromatic heterocycles. The zero-order chi connectivity index (χ0) is 17.8. The number of hydrogen-bond donors (Lipinski definition) is 0. The molecule has 0 atom stereocenters. The highest BCUT2D eigenvalue weighted by molar-refractivity contribution is 5.80. The normalized spacial score (nSPS) is 11.0. The van der Waals surface area contributed by atoms with E-state index >= 15 is 0 Å². The zero-order valence-corrected chi connectivity index (χ0v) is 14.9. The molecule has 0 amide bonds. The van der Waals surface area contributed by atoms with Crippen LogP contribution in [0.3, 0.4) is 0 Å². The van der Waals surface area contributed by atoms with Gasteiger partial charge >= 0.3 is 0 Å². The van der Waals surface area contributed by atoms with Gasteiger partial charge in [-0.15, -0.1) is 0 Å². The first-order valence-electron chi connectivity index (χ1n) is 9.07. The Morgan fingerprint density at radius 2 is 1.58 bits per heavy atom. The number of aromatic nitrogens is 2. The van der Waals surface area contributed by atoms with Crippen molar-refractivity contribution >= 4 is 11.0 Å². The topological polar surface area (TPSA) is 27.1 Å². The Bertz CT molecular complexity index is 988. The Kier molecular flexibility index (Phi) is 4.69. The van der Waals surface area contributed by atoms with Gasteiger partial charge in [-0.1, -0.05) is 61.5 Å². The summed E-state index contributed by atoms with van der Waals surface area (Å²) >= 11 is 0. The van der Waals surface area contributed by atoms with Crippen LogP contribution in [0.25, 0.3) is 22.4 Å². The van der Waals surface area contributed by atoms with Crippen LogP contribution in [0.15, 0.2) is 78.9 Å². The fourth-order valence-electron chi connectivity index (χ4n) is 3.14. The third kappa shape index (κ3) is 3.33. The summed E-state index contributed by atoms with van der Waals surface area (Å²) in [6, 6.07) is 27.0. The quantitative estimate of drug-likeness (QED) is 0.460. The standard InChI is InChI=1S/C23H22N2O/c1-2-16-26-20-14-12-18(13-15-20)17-25-22-11-7-6-10-21(22)24-23(25)19-8-4-3-5-9-19/h3-15H,2,16-17H2,1H3. The van der Waals surface area contributed by atoms with Crippen molar-refractivity contribution in [3.63, 3.8) is 0 Å². The maximum absolute atomic E-state index is 5.69. The van der Waals surface area contributed by atoms with E-state index in [1.165, 1.54) is 5.56 Å². The van der Waals surface area contributed by atoms with Crippen LogP contribution in [-0.2, 0) is 6.54 Å². The average molecular weight is 342 g/mol. The summed E-state index contributed by atoms with van der Waals surface area (Å²) in [6.07, 6.45) is 1.02. The molecule has 0 aliphatic rings. The van der Waals surface area contributed by atoms with Crippen LogP contribution in [0.1, 0.15) is 18.9 Å². The number of hydrogen-bond acceptors (Lipinski definition) is 2. The molecule has 4 rings (SSSR count). The average Bonchev–Trinajstić information content (AvgIpc) is 3.07. The SMILES string of the molecule is CCCOc1ccc(Cn2c(-c3ccccc3)nc3ccccc32)cc1. The van der Waals surface area contributed by atoms with Gasteiger partial charge in [0.2, 0.25) is 0 Å². The van der Waals surface area contributed by atoms with E-state index in [0.29, 0.717) is 0 Å². The van der Waals surface area contributed by atoms with Crippen molar-refractivity contribution in [1.29, 1.82) is 0 Å². The summed E-state index contributed by atoms with van der Waals surface area (Å²) in [5, 5.41) is 0. The van der Waals surface area contributed by atoms with Gasteiger partial charge in [0.25, 0.3) is 0 Å². The highest BCUT2D eigenvalue weighted by Crippen LogP contribution is 2.26. The van der Waals surface area contributed by atoms with Gasteiger partial charge in [0.1, 0.15) is 11.6 Å². The lowest BCUT2D eigenvalue weighted by atomic mass is 10.2. The van der Waals surface area contributed by atoms with E-state index in [0.717, 1.165) is 47.7 Å². The first-order chi connectivity index (χ1) is 12.8. The first kappa shape index (κ1) is 16.4. The molecule has 1 heterocycles. The molecule has 3 heteroatoms. The van der Waals surface area contributed by atoms with E-state index in [1.807, 2.05) is 24.3 Å². The lowest BCUT2D eigenvalue weighted by molar-refractivity contribution is 0.317. The number of benzene rings is 3. The predicted octanol–water partition coefficient (Wildman–Crippen LogP) is 5.54. The molecule has 0 spiro atoms. The van der Waals surface area contributed by atoms with Crippen LogP contribution < -0.4 is 4.74 Å². The van der Waals surface area contributed by atoms with Gasteiger partial charge < -0.3 is 9.30 Å². The number of nitrogens with zero attached hydrogens (tertiary/aromatic N) is 2. The minimum absolute atomic E-state index is 0.754. The molecular formula is C23H22N2O. The van der Waals surface area contributed by atoms with E-state index in [4.69, 9.17) is 9.72 Å². The number of rotatable bonds is 6. The second kappa shape index (κ2) is 7.44. The molecule has 3 nitrogen and oxygen atoms in total. The van der Waals surface area contributed by atoms with Crippen LogP contribution >= 0.6 is 0 Å². The van der Waals surface area contributed by atoms with Crippen molar-refractivity contribution in [2.45, 2.75) is 19.9 Å². The molecule has 0 radical (unpaired) electrons. The molecule has 0 saturated heterocycles. The predicted molar refractivity (Wildman–Crippen MR) is 106 cm³/mol. The summed E-state index contributed by atoms with van der Waals surface area (Å²) < 4.78 is 7.97. The van der Waals surface area contributed by atoms with Gasteiger partial charge in [0, 0.05) is 12.1 Å². The number of imidazole rings is 1. The molecule has 3 aromatic carbocycles. The van der Waals surface area contributed by atoms with Gasteiger partial charge in [-0.3, -0.25) is 0 Å². The van der Waals surface area contributed by atoms with E-state index in [9.17, 15) is 0 Å². The zero-order valence-electron chi connectivity index (χ0n) is 14.9. The largest absolute Gasteiger partial charge is 0.494 e. The summed E-state index contributed by atoms with van der Waals surface area (Å²) in [4.78, 5) is 4.88. The maximum Gasteiger partial charge on any atom is 0.141 e. The van der Waals surface area contributed by atoms with Crippen LogP contribution in [0.5, 0.6) is 5.75 Å². The third-order valence-electron chi connectivity index (χ3n) is 4.42. The van der Waals surface area contributed by atoms with Gasteiger partial charge in [-0.05, 0) is 36.2 Å². The highest BCUT2D eigenvalue weighted by Gasteiger charge is 2.12. The number of ether oxygens (including phenoxy) is 1. The number of fused-ring (bicyclic) bond motifs is 1. The lowest BCUT2D eigenvalue weighted by Crippen LogP contribution is -2.02. The van der Waals surface area contributed by atoms with E-state index in [2.05, 4.69) is 66.1 Å². The van der Waals surface area contributed by atoms with E-state index in [-0.39, 0.29) is 0 Å². The highest BCUT2D eigenvalue weighted by atomic mass is 16.5. The molecular weight excluding hydrogens is 320 g/mol. The van der Waals surface area contributed by atoms with E-state index < -0.39 is 0 Å². The maximum atomic E-state index is 5.69. The second-order valence-corrected chi connectivity index (χ2v) is 6.37. The molecule has 0 N–H and O–H groups in total.